The van der Waals surface area contributed by atoms with Crippen LogP contribution in [0.15, 0.2) is 23.1 Å². The van der Waals surface area contributed by atoms with Gasteiger partial charge in [0.2, 0.25) is 0 Å². The van der Waals surface area contributed by atoms with Gasteiger partial charge in [-0.15, -0.1) is 0 Å². The molecule has 0 aliphatic rings. The van der Waals surface area contributed by atoms with Gasteiger partial charge < -0.3 is 4.57 Å². The zero-order chi connectivity index (χ0) is 10.6. The Balaban J connectivity index is 3.03. The Morgan fingerprint density at radius 3 is 2.86 bits per heavy atom. The summed E-state index contributed by atoms with van der Waals surface area (Å²) in [6.07, 6.45) is 1.96. The van der Waals surface area contributed by atoms with E-state index >= 15 is 0 Å². The fourth-order valence-corrected chi connectivity index (χ4v) is 1.34. The Morgan fingerprint density at radius 1 is 1.57 bits per heavy atom. The van der Waals surface area contributed by atoms with Crippen molar-refractivity contribution in [3.63, 3.8) is 0 Å². The summed E-state index contributed by atoms with van der Waals surface area (Å²) in [5, 5.41) is 8.52. The van der Waals surface area contributed by atoms with E-state index in [1.165, 1.54) is 0 Å². The minimum atomic E-state index is -0.0391. The summed E-state index contributed by atoms with van der Waals surface area (Å²) in [4.78, 5) is 11.7. The smallest absolute Gasteiger partial charge is 0.254 e. The average molecular weight is 190 g/mol. The second kappa shape index (κ2) is 4.61. The Hall–Kier alpha value is -1.56. The molecule has 3 heteroatoms. The van der Waals surface area contributed by atoms with Crippen molar-refractivity contribution in [1.82, 2.24) is 4.57 Å². The van der Waals surface area contributed by atoms with Gasteiger partial charge in [-0.1, -0.05) is 19.9 Å². The van der Waals surface area contributed by atoms with Crippen molar-refractivity contribution in [2.45, 2.75) is 26.8 Å². The zero-order valence-corrected chi connectivity index (χ0v) is 8.53. The molecule has 1 aromatic heterocycles. The summed E-state index contributed by atoms with van der Waals surface area (Å²) in [7, 11) is 0. The van der Waals surface area contributed by atoms with E-state index in [1.54, 1.807) is 16.8 Å². The van der Waals surface area contributed by atoms with E-state index < -0.39 is 0 Å². The van der Waals surface area contributed by atoms with Crippen LogP contribution in [0, 0.1) is 17.2 Å². The molecule has 0 amide bonds. The van der Waals surface area contributed by atoms with Gasteiger partial charge in [0.05, 0.1) is 12.5 Å². The molecule has 0 aromatic carbocycles. The molecule has 3 nitrogen and oxygen atoms in total. The Labute approximate surface area is 83.6 Å². The van der Waals surface area contributed by atoms with Crippen LogP contribution in [0.2, 0.25) is 0 Å². The lowest BCUT2D eigenvalue weighted by molar-refractivity contribution is 0.509. The summed E-state index contributed by atoms with van der Waals surface area (Å²) in [6, 6.07) is 5.52. The molecule has 1 aromatic rings. The van der Waals surface area contributed by atoms with Crippen molar-refractivity contribution in [2.24, 2.45) is 5.92 Å². The van der Waals surface area contributed by atoms with Crippen LogP contribution in [0.25, 0.3) is 0 Å². The zero-order valence-electron chi connectivity index (χ0n) is 8.53. The molecule has 0 saturated heterocycles. The number of hydrogen-bond acceptors (Lipinski definition) is 2. The van der Waals surface area contributed by atoms with Crippen LogP contribution < -0.4 is 5.56 Å². The monoisotopic (exact) mass is 190 g/mol. The van der Waals surface area contributed by atoms with Gasteiger partial charge in [0.25, 0.3) is 5.56 Å². The molecule has 0 aliphatic carbocycles. The van der Waals surface area contributed by atoms with Crippen LogP contribution in [-0.4, -0.2) is 4.57 Å². The Kier molecular flexibility index (Phi) is 3.47. The molecular weight excluding hydrogens is 176 g/mol. The first-order chi connectivity index (χ1) is 6.65. The normalized spacial score (nSPS) is 10.1. The highest BCUT2D eigenvalue weighted by atomic mass is 16.1. The van der Waals surface area contributed by atoms with Crippen LogP contribution in [0.1, 0.15) is 19.4 Å². The van der Waals surface area contributed by atoms with Gasteiger partial charge in [0.15, 0.2) is 0 Å². The number of nitrogens with zero attached hydrogens (tertiary/aromatic N) is 2. The highest BCUT2D eigenvalue weighted by Gasteiger charge is 2.03. The molecule has 0 aliphatic heterocycles. The highest BCUT2D eigenvalue weighted by Crippen LogP contribution is 1.98. The van der Waals surface area contributed by atoms with Gasteiger partial charge in [-0.2, -0.15) is 5.26 Å². The van der Waals surface area contributed by atoms with Crippen molar-refractivity contribution in [2.75, 3.05) is 0 Å². The van der Waals surface area contributed by atoms with Gasteiger partial charge in [0, 0.05) is 18.3 Å². The maximum atomic E-state index is 11.7. The van der Waals surface area contributed by atoms with Crippen LogP contribution in [0.3, 0.4) is 0 Å². The van der Waals surface area contributed by atoms with Gasteiger partial charge in [0.1, 0.15) is 0 Å². The molecule has 0 fully saturated rings. The van der Waals surface area contributed by atoms with Gasteiger partial charge in [-0.05, 0) is 12.0 Å². The third kappa shape index (κ3) is 2.46. The number of aromatic nitrogens is 1. The van der Waals surface area contributed by atoms with Crippen LogP contribution in [0.5, 0.6) is 0 Å². The van der Waals surface area contributed by atoms with Crippen molar-refractivity contribution >= 4 is 0 Å². The van der Waals surface area contributed by atoms with E-state index in [9.17, 15) is 4.79 Å². The van der Waals surface area contributed by atoms with Crippen LogP contribution >= 0.6 is 0 Å². The minimum absolute atomic E-state index is 0.0391. The van der Waals surface area contributed by atoms with Crippen molar-refractivity contribution in [1.29, 1.82) is 5.26 Å². The summed E-state index contributed by atoms with van der Waals surface area (Å²) in [5.74, 6) is 0.435. The van der Waals surface area contributed by atoms with Gasteiger partial charge in [-0.3, -0.25) is 4.79 Å². The third-order valence-electron chi connectivity index (χ3n) is 1.93. The number of hydrogen-bond donors (Lipinski definition) is 0. The SMILES string of the molecule is CC(C)Cn1cccc(CC#N)c1=O. The second-order valence-corrected chi connectivity index (χ2v) is 3.72. The molecule has 0 unspecified atom stereocenters. The topological polar surface area (TPSA) is 45.8 Å². The summed E-state index contributed by atoms with van der Waals surface area (Å²) in [5.41, 5.74) is 0.540. The Morgan fingerprint density at radius 2 is 2.29 bits per heavy atom. The molecule has 0 bridgehead atoms. The highest BCUT2D eigenvalue weighted by molar-refractivity contribution is 5.14. The quantitative estimate of drug-likeness (QED) is 0.726. The van der Waals surface area contributed by atoms with Gasteiger partial charge in [-0.25, -0.2) is 0 Å². The van der Waals surface area contributed by atoms with Gasteiger partial charge >= 0.3 is 0 Å². The van der Waals surface area contributed by atoms with Crippen molar-refractivity contribution in [3.8, 4) is 6.07 Å². The number of pyridine rings is 1. The second-order valence-electron chi connectivity index (χ2n) is 3.72. The number of nitriles is 1. The fourth-order valence-electron chi connectivity index (χ4n) is 1.34. The van der Waals surface area contributed by atoms with Crippen molar-refractivity contribution < 1.29 is 0 Å². The Bertz CT molecular complexity index is 398. The maximum absolute atomic E-state index is 11.7. The average Bonchev–Trinajstić information content (AvgIpc) is 2.11. The first-order valence-electron chi connectivity index (χ1n) is 4.70. The third-order valence-corrected chi connectivity index (χ3v) is 1.93. The van der Waals surface area contributed by atoms with E-state index in [0.717, 1.165) is 0 Å². The molecule has 0 spiro atoms. The van der Waals surface area contributed by atoms with E-state index in [0.29, 0.717) is 18.0 Å². The number of rotatable bonds is 3. The van der Waals surface area contributed by atoms with Crippen molar-refractivity contribution in [3.05, 3.63) is 34.2 Å². The van der Waals surface area contributed by atoms with E-state index in [1.807, 2.05) is 12.1 Å². The lowest BCUT2D eigenvalue weighted by Crippen LogP contribution is -2.24. The standard InChI is InChI=1S/C11H14N2O/c1-9(2)8-13-7-3-4-10(5-6-12)11(13)14/h3-4,7,9H,5,8H2,1-2H3. The van der Waals surface area contributed by atoms with Crippen LogP contribution in [0.4, 0.5) is 0 Å². The lowest BCUT2D eigenvalue weighted by Gasteiger charge is -2.08. The largest absolute Gasteiger partial charge is 0.315 e. The van der Waals surface area contributed by atoms with Crippen LogP contribution in [-0.2, 0) is 13.0 Å². The minimum Gasteiger partial charge on any atom is -0.315 e. The first-order valence-corrected chi connectivity index (χ1v) is 4.70. The molecule has 14 heavy (non-hydrogen) atoms. The predicted octanol–water partition coefficient (Wildman–Crippen LogP) is 1.57. The van der Waals surface area contributed by atoms with E-state index in [4.69, 9.17) is 5.26 Å². The van der Waals surface area contributed by atoms with E-state index in [2.05, 4.69) is 13.8 Å². The fraction of sp³-hybridized carbons (Fsp3) is 0.455. The molecule has 1 heterocycles. The molecule has 1 rings (SSSR count). The molecule has 0 atom stereocenters. The predicted molar refractivity (Wildman–Crippen MR) is 54.9 cm³/mol. The lowest BCUT2D eigenvalue weighted by atomic mass is 10.2. The maximum Gasteiger partial charge on any atom is 0.254 e. The summed E-state index contributed by atoms with van der Waals surface area (Å²) < 4.78 is 1.66. The summed E-state index contributed by atoms with van der Waals surface area (Å²) >= 11 is 0. The summed E-state index contributed by atoms with van der Waals surface area (Å²) in [6.45, 7) is 4.82. The van der Waals surface area contributed by atoms with E-state index in [-0.39, 0.29) is 12.0 Å². The first kappa shape index (κ1) is 10.5. The molecule has 0 saturated carbocycles. The molecule has 0 N–H and O–H groups in total. The molecular formula is C11H14N2O. The molecule has 74 valence electrons. The molecule has 0 radical (unpaired) electrons.